The Morgan fingerprint density at radius 2 is 2.03 bits per heavy atom. The molecule has 33 heavy (non-hydrogen) atoms. The number of anilines is 2. The Balaban J connectivity index is 1.17. The number of aryl methyl sites for hydroxylation is 1. The van der Waals surface area contributed by atoms with Crippen molar-refractivity contribution in [2.75, 3.05) is 50.0 Å². The number of piperidine rings is 1. The van der Waals surface area contributed by atoms with Gasteiger partial charge in [-0.25, -0.2) is 4.98 Å². The van der Waals surface area contributed by atoms with E-state index in [9.17, 15) is 4.79 Å². The summed E-state index contributed by atoms with van der Waals surface area (Å²) >= 11 is 1.35. The van der Waals surface area contributed by atoms with Crippen LogP contribution in [0.4, 0.5) is 11.4 Å². The fraction of sp³-hybridized carbons (Fsp3) is 0.440. The zero-order chi connectivity index (χ0) is 22.8. The molecule has 2 fully saturated rings. The zero-order valence-electron chi connectivity index (χ0n) is 19.0. The van der Waals surface area contributed by atoms with Crippen LogP contribution in [0.2, 0.25) is 0 Å². The van der Waals surface area contributed by atoms with Crippen LogP contribution >= 0.6 is 11.3 Å². The maximum absolute atomic E-state index is 12.7. The summed E-state index contributed by atoms with van der Waals surface area (Å²) in [5, 5.41) is 7.29. The first-order chi connectivity index (χ1) is 16.0. The predicted molar refractivity (Wildman–Crippen MR) is 134 cm³/mol. The number of pyridine rings is 1. The monoisotopic (exact) mass is 465 g/mol. The molecule has 4 N–H and O–H groups in total. The van der Waals surface area contributed by atoms with Gasteiger partial charge in [-0.05, 0) is 69.1 Å². The number of ether oxygens (including phenoxy) is 1. The van der Waals surface area contributed by atoms with Gasteiger partial charge in [-0.15, -0.1) is 11.3 Å². The summed E-state index contributed by atoms with van der Waals surface area (Å²) in [4.78, 5) is 21.0. The highest BCUT2D eigenvalue weighted by molar-refractivity contribution is 7.21. The number of carbonyl (C=O) groups excluding carboxylic acids is 1. The van der Waals surface area contributed by atoms with Gasteiger partial charge in [0.25, 0.3) is 5.91 Å². The largest absolute Gasteiger partial charge is 0.397 e. The molecule has 1 aromatic carbocycles. The topological polar surface area (TPSA) is 92.5 Å². The lowest BCUT2D eigenvalue weighted by molar-refractivity contribution is -0.0738. The standard InChI is InChI=1S/C25H31N5O2S/c1-17-2-7-20-21(26)22(33-24(20)29-17)23(31)28-11-8-18-3-5-19(6-4-18)30-14-15-32-25(16-30)9-12-27-13-10-25/h2-7,27H,8-16,26H2,1H3,(H,28,31). The molecule has 2 aliphatic rings. The number of nitrogens with one attached hydrogen (secondary N) is 2. The third-order valence-corrected chi connectivity index (χ3v) is 7.82. The summed E-state index contributed by atoms with van der Waals surface area (Å²) in [6.45, 7) is 7.22. The van der Waals surface area contributed by atoms with Crippen molar-refractivity contribution < 1.29 is 9.53 Å². The molecule has 2 aliphatic heterocycles. The van der Waals surface area contributed by atoms with Gasteiger partial charge in [-0.1, -0.05) is 12.1 Å². The van der Waals surface area contributed by atoms with Crippen LogP contribution < -0.4 is 21.3 Å². The molecule has 7 nitrogen and oxygen atoms in total. The van der Waals surface area contributed by atoms with Gasteiger partial charge < -0.3 is 26.0 Å². The van der Waals surface area contributed by atoms with Crippen molar-refractivity contribution in [3.05, 3.63) is 52.5 Å². The lowest BCUT2D eigenvalue weighted by atomic mass is 9.90. The van der Waals surface area contributed by atoms with E-state index in [1.54, 1.807) is 0 Å². The Morgan fingerprint density at radius 1 is 1.24 bits per heavy atom. The second-order valence-corrected chi connectivity index (χ2v) is 10.0. The molecular weight excluding hydrogens is 434 g/mol. The minimum atomic E-state index is -0.134. The summed E-state index contributed by atoms with van der Waals surface area (Å²) in [5.41, 5.74) is 10.1. The van der Waals surface area contributed by atoms with Crippen LogP contribution in [-0.4, -0.2) is 55.8 Å². The van der Waals surface area contributed by atoms with Gasteiger partial charge in [0, 0.05) is 36.4 Å². The number of carbonyl (C=O) groups is 1. The van der Waals surface area contributed by atoms with Crippen LogP contribution in [0.25, 0.3) is 10.2 Å². The van der Waals surface area contributed by atoms with Crippen molar-refractivity contribution in [3.63, 3.8) is 0 Å². The third kappa shape index (κ3) is 4.69. The van der Waals surface area contributed by atoms with Crippen LogP contribution in [0.1, 0.15) is 33.8 Å². The number of nitrogens with two attached hydrogens (primary N) is 1. The number of hydrogen-bond donors (Lipinski definition) is 3. The van der Waals surface area contributed by atoms with Crippen LogP contribution in [0, 0.1) is 6.92 Å². The number of aromatic nitrogens is 1. The van der Waals surface area contributed by atoms with Crippen molar-refractivity contribution >= 4 is 38.8 Å². The van der Waals surface area contributed by atoms with Crippen LogP contribution in [0.3, 0.4) is 0 Å². The number of hydrogen-bond acceptors (Lipinski definition) is 7. The number of amides is 1. The van der Waals surface area contributed by atoms with Gasteiger partial charge in [0.05, 0.1) is 17.9 Å². The first kappa shape index (κ1) is 22.1. The zero-order valence-corrected chi connectivity index (χ0v) is 19.8. The first-order valence-electron chi connectivity index (χ1n) is 11.7. The molecule has 8 heteroatoms. The number of nitrogen functional groups attached to an aromatic ring is 1. The van der Waals surface area contributed by atoms with E-state index in [-0.39, 0.29) is 11.5 Å². The molecule has 3 aromatic rings. The number of nitrogens with zero attached hydrogens (tertiary/aromatic N) is 2. The van der Waals surface area contributed by atoms with Gasteiger partial charge in [0.2, 0.25) is 0 Å². The summed E-state index contributed by atoms with van der Waals surface area (Å²) < 4.78 is 6.19. The second kappa shape index (κ2) is 9.29. The Bertz CT molecular complexity index is 1130. The number of morpholine rings is 1. The maximum Gasteiger partial charge on any atom is 0.263 e. The van der Waals surface area contributed by atoms with E-state index < -0.39 is 0 Å². The number of fused-ring (bicyclic) bond motifs is 1. The van der Waals surface area contributed by atoms with Gasteiger partial charge in [-0.3, -0.25) is 4.79 Å². The van der Waals surface area contributed by atoms with Gasteiger partial charge >= 0.3 is 0 Å². The normalized spacial score (nSPS) is 18.0. The molecule has 0 unspecified atom stereocenters. The van der Waals surface area contributed by atoms with E-state index >= 15 is 0 Å². The van der Waals surface area contributed by atoms with Gasteiger partial charge in [0.15, 0.2) is 0 Å². The van der Waals surface area contributed by atoms with Gasteiger partial charge in [-0.2, -0.15) is 0 Å². The van der Waals surface area contributed by atoms with E-state index in [0.29, 0.717) is 17.1 Å². The van der Waals surface area contributed by atoms with Crippen LogP contribution in [-0.2, 0) is 11.2 Å². The molecule has 0 bridgehead atoms. The van der Waals surface area contributed by atoms with E-state index in [1.165, 1.54) is 22.6 Å². The highest BCUT2D eigenvalue weighted by Gasteiger charge is 2.37. The Morgan fingerprint density at radius 3 is 2.82 bits per heavy atom. The highest BCUT2D eigenvalue weighted by Crippen LogP contribution is 2.33. The summed E-state index contributed by atoms with van der Waals surface area (Å²) in [6, 6.07) is 12.5. The van der Waals surface area contributed by atoms with Crippen LogP contribution in [0.15, 0.2) is 36.4 Å². The molecule has 0 saturated carbocycles. The molecule has 0 radical (unpaired) electrons. The lowest BCUT2D eigenvalue weighted by Crippen LogP contribution is -2.56. The molecular formula is C25H31N5O2S. The minimum absolute atomic E-state index is 0.00485. The Hall–Kier alpha value is -2.68. The van der Waals surface area contributed by atoms with E-state index in [1.807, 2.05) is 19.1 Å². The van der Waals surface area contributed by atoms with E-state index in [2.05, 4.69) is 44.8 Å². The lowest BCUT2D eigenvalue weighted by Gasteiger charge is -2.46. The summed E-state index contributed by atoms with van der Waals surface area (Å²) in [6.07, 6.45) is 2.91. The smallest absolute Gasteiger partial charge is 0.263 e. The first-order valence-corrected chi connectivity index (χ1v) is 12.5. The predicted octanol–water partition coefficient (Wildman–Crippen LogP) is 3.12. The summed E-state index contributed by atoms with van der Waals surface area (Å²) in [7, 11) is 0. The quantitative estimate of drug-likeness (QED) is 0.536. The van der Waals surface area contributed by atoms with Crippen LogP contribution in [0.5, 0.6) is 0 Å². The maximum atomic E-state index is 12.7. The molecule has 174 valence electrons. The van der Waals surface area contributed by atoms with E-state index in [4.69, 9.17) is 10.5 Å². The average Bonchev–Trinajstić information content (AvgIpc) is 3.15. The Labute approximate surface area is 198 Å². The minimum Gasteiger partial charge on any atom is -0.397 e. The van der Waals surface area contributed by atoms with Crippen molar-refractivity contribution in [1.82, 2.24) is 15.6 Å². The van der Waals surface area contributed by atoms with Crippen molar-refractivity contribution in [2.45, 2.75) is 31.8 Å². The number of benzene rings is 1. The molecule has 1 spiro atoms. The van der Waals surface area contributed by atoms with Crippen molar-refractivity contribution in [1.29, 1.82) is 0 Å². The number of rotatable bonds is 5. The summed E-state index contributed by atoms with van der Waals surface area (Å²) in [5.74, 6) is -0.134. The third-order valence-electron chi connectivity index (χ3n) is 6.70. The fourth-order valence-electron chi connectivity index (χ4n) is 4.78. The van der Waals surface area contributed by atoms with Gasteiger partial charge in [0.1, 0.15) is 9.71 Å². The Kier molecular flexibility index (Phi) is 6.23. The van der Waals surface area contributed by atoms with Crippen molar-refractivity contribution in [3.8, 4) is 0 Å². The molecule has 1 amide bonds. The number of thiophene rings is 1. The molecule has 2 saturated heterocycles. The molecule has 4 heterocycles. The fourth-order valence-corrected chi connectivity index (χ4v) is 5.84. The average molecular weight is 466 g/mol. The second-order valence-electron chi connectivity index (χ2n) is 9.03. The molecule has 5 rings (SSSR count). The highest BCUT2D eigenvalue weighted by atomic mass is 32.1. The van der Waals surface area contributed by atoms with E-state index in [0.717, 1.165) is 68.0 Å². The van der Waals surface area contributed by atoms with Crippen molar-refractivity contribution in [2.24, 2.45) is 0 Å². The molecule has 0 aliphatic carbocycles. The SMILES string of the molecule is Cc1ccc2c(N)c(C(=O)NCCc3ccc(N4CCOC5(CCNCC5)C4)cc3)sc2n1. The molecule has 0 atom stereocenters. The molecule has 2 aromatic heterocycles.